The van der Waals surface area contributed by atoms with Crippen LogP contribution in [-0.4, -0.2) is 28.1 Å². The van der Waals surface area contributed by atoms with Gasteiger partial charge in [-0.2, -0.15) is 26.3 Å². The molecule has 0 aliphatic rings. The molecule has 108 valence electrons. The van der Waals surface area contributed by atoms with E-state index in [9.17, 15) is 0 Å². The van der Waals surface area contributed by atoms with E-state index < -0.39 is 0 Å². The van der Waals surface area contributed by atoms with E-state index >= 15 is 0 Å². The highest BCUT2D eigenvalue weighted by atomic mass is 32.1. The van der Waals surface area contributed by atoms with Crippen molar-refractivity contribution in [3.8, 4) is 6.01 Å². The fourth-order valence-corrected chi connectivity index (χ4v) is 2.35. The molecule has 0 spiro atoms. The Morgan fingerprint density at radius 2 is 1.90 bits per heavy atom. The van der Waals surface area contributed by atoms with Crippen molar-refractivity contribution in [1.29, 1.82) is 0 Å². The maximum Gasteiger partial charge on any atom is 0.323 e. The van der Waals surface area contributed by atoms with Gasteiger partial charge in [-0.25, -0.2) is 0 Å². The number of anilines is 2. The molecule has 0 aromatic carbocycles. The summed E-state index contributed by atoms with van der Waals surface area (Å²) >= 11 is 1.67. The van der Waals surface area contributed by atoms with E-state index in [4.69, 9.17) is 4.74 Å². The lowest BCUT2D eigenvalue weighted by Crippen LogP contribution is -2.14. The molecule has 0 bridgehead atoms. The number of rotatable bonds is 6. The van der Waals surface area contributed by atoms with Crippen molar-refractivity contribution >= 4 is 23.2 Å². The number of nitrogens with zero attached hydrogens (tertiary/aromatic N) is 3. The molecule has 1 unspecified atom stereocenters. The molecule has 0 radical (unpaired) electrons. The number of nitrogens with one attached hydrogen (secondary N) is 2. The van der Waals surface area contributed by atoms with Crippen LogP contribution in [0.2, 0.25) is 0 Å². The van der Waals surface area contributed by atoms with Gasteiger partial charge in [-0.3, -0.25) is 0 Å². The van der Waals surface area contributed by atoms with Crippen LogP contribution in [0.25, 0.3) is 0 Å². The molecule has 2 N–H and O–H groups in total. The maximum atomic E-state index is 5.53. The third kappa shape index (κ3) is 3.80. The fourth-order valence-electron chi connectivity index (χ4n) is 1.59. The molecule has 2 aromatic heterocycles. The Morgan fingerprint density at radius 3 is 2.50 bits per heavy atom. The van der Waals surface area contributed by atoms with Gasteiger partial charge in [0, 0.05) is 7.05 Å². The van der Waals surface area contributed by atoms with Crippen molar-refractivity contribution in [2.75, 3.05) is 17.7 Å². The van der Waals surface area contributed by atoms with E-state index in [1.807, 2.05) is 19.2 Å². The topological polar surface area (TPSA) is 72.0 Å². The monoisotopic (exact) mass is 293 g/mol. The summed E-state index contributed by atoms with van der Waals surface area (Å²) in [6.07, 6.45) is 0.0178. The summed E-state index contributed by atoms with van der Waals surface area (Å²) in [7, 11) is 1.76. The van der Waals surface area contributed by atoms with Crippen LogP contribution in [0.5, 0.6) is 6.01 Å². The lowest BCUT2D eigenvalue weighted by Gasteiger charge is -2.14. The van der Waals surface area contributed by atoms with Crippen molar-refractivity contribution in [2.45, 2.75) is 32.9 Å². The molecule has 2 aromatic rings. The van der Waals surface area contributed by atoms with Gasteiger partial charge in [-0.1, -0.05) is 0 Å². The van der Waals surface area contributed by atoms with E-state index in [1.54, 1.807) is 18.4 Å². The Labute approximate surface area is 122 Å². The third-order valence-electron chi connectivity index (χ3n) is 2.57. The Bertz CT molecular complexity index is 544. The SMILES string of the molecule is CNc1nc(NC(C)c2ccsc2)nc(OC(C)C)n1. The first-order valence-corrected chi connectivity index (χ1v) is 7.42. The summed E-state index contributed by atoms with van der Waals surface area (Å²) in [5.41, 5.74) is 1.20. The van der Waals surface area contributed by atoms with Gasteiger partial charge in [0.05, 0.1) is 12.1 Å². The summed E-state index contributed by atoms with van der Waals surface area (Å²) < 4.78 is 5.53. The first kappa shape index (κ1) is 14.5. The molecule has 20 heavy (non-hydrogen) atoms. The minimum Gasteiger partial charge on any atom is -0.461 e. The van der Waals surface area contributed by atoms with Gasteiger partial charge in [-0.15, -0.1) is 0 Å². The molecule has 0 aliphatic heterocycles. The quantitative estimate of drug-likeness (QED) is 0.853. The number of hydrogen-bond acceptors (Lipinski definition) is 7. The van der Waals surface area contributed by atoms with Crippen molar-refractivity contribution in [1.82, 2.24) is 15.0 Å². The van der Waals surface area contributed by atoms with Crippen molar-refractivity contribution in [2.24, 2.45) is 0 Å². The Balaban J connectivity index is 2.17. The second kappa shape index (κ2) is 6.51. The first-order valence-electron chi connectivity index (χ1n) is 6.47. The zero-order valence-corrected chi connectivity index (χ0v) is 12.9. The molecule has 2 rings (SSSR count). The molecule has 2 heterocycles. The smallest absolute Gasteiger partial charge is 0.323 e. The molecular formula is C13H19N5OS. The van der Waals surface area contributed by atoms with E-state index in [0.29, 0.717) is 17.9 Å². The van der Waals surface area contributed by atoms with Crippen LogP contribution in [0.4, 0.5) is 11.9 Å². The first-order chi connectivity index (χ1) is 9.58. The summed E-state index contributed by atoms with van der Waals surface area (Å²) in [6.45, 7) is 5.93. The van der Waals surface area contributed by atoms with Crippen LogP contribution < -0.4 is 15.4 Å². The zero-order chi connectivity index (χ0) is 14.5. The van der Waals surface area contributed by atoms with Crippen LogP contribution >= 0.6 is 11.3 Å². The highest BCUT2D eigenvalue weighted by Gasteiger charge is 2.11. The molecule has 0 aliphatic carbocycles. The Kier molecular flexibility index (Phi) is 4.73. The summed E-state index contributed by atoms with van der Waals surface area (Å²) in [6, 6.07) is 2.52. The van der Waals surface area contributed by atoms with Crippen molar-refractivity contribution in [3.63, 3.8) is 0 Å². The average molecular weight is 293 g/mol. The molecule has 0 amide bonds. The molecule has 6 nitrogen and oxygen atoms in total. The predicted molar refractivity (Wildman–Crippen MR) is 81.5 cm³/mol. The maximum absolute atomic E-state index is 5.53. The largest absolute Gasteiger partial charge is 0.461 e. The second-order valence-electron chi connectivity index (χ2n) is 4.60. The van der Waals surface area contributed by atoms with Crippen LogP contribution in [0.1, 0.15) is 32.4 Å². The van der Waals surface area contributed by atoms with Crippen LogP contribution in [0.3, 0.4) is 0 Å². The second-order valence-corrected chi connectivity index (χ2v) is 5.38. The van der Waals surface area contributed by atoms with Gasteiger partial charge in [0.15, 0.2) is 0 Å². The predicted octanol–water partition coefficient (Wildman–Crippen LogP) is 2.94. The normalized spacial score (nSPS) is 12.2. The minimum atomic E-state index is 0.0178. The molecule has 1 atom stereocenters. The summed E-state index contributed by atoms with van der Waals surface area (Å²) in [4.78, 5) is 12.7. The Morgan fingerprint density at radius 1 is 1.15 bits per heavy atom. The van der Waals surface area contributed by atoms with Gasteiger partial charge < -0.3 is 15.4 Å². The fraction of sp³-hybridized carbons (Fsp3) is 0.462. The van der Waals surface area contributed by atoms with Gasteiger partial charge in [-0.05, 0) is 43.2 Å². The minimum absolute atomic E-state index is 0.0178. The molecule has 0 saturated heterocycles. The van der Waals surface area contributed by atoms with E-state index in [1.165, 1.54) is 5.56 Å². The van der Waals surface area contributed by atoms with Gasteiger partial charge in [0.25, 0.3) is 0 Å². The van der Waals surface area contributed by atoms with Gasteiger partial charge >= 0.3 is 6.01 Å². The lowest BCUT2D eigenvalue weighted by molar-refractivity contribution is 0.222. The van der Waals surface area contributed by atoms with E-state index in [0.717, 1.165) is 0 Å². The summed E-state index contributed by atoms with van der Waals surface area (Å²) in [5, 5.41) is 10.3. The standard InChI is InChI=1S/C13H19N5OS/c1-8(2)19-13-17-11(14-4)16-12(18-13)15-9(3)10-5-6-20-7-10/h5-9H,1-4H3,(H2,14,15,16,17,18). The van der Waals surface area contributed by atoms with Crippen molar-refractivity contribution in [3.05, 3.63) is 22.4 Å². The molecule has 7 heteroatoms. The summed E-state index contributed by atoms with van der Waals surface area (Å²) in [5.74, 6) is 0.981. The average Bonchev–Trinajstić information content (AvgIpc) is 2.91. The highest BCUT2D eigenvalue weighted by molar-refractivity contribution is 7.07. The van der Waals surface area contributed by atoms with Crippen molar-refractivity contribution < 1.29 is 4.74 Å². The molecular weight excluding hydrogens is 274 g/mol. The number of thiophene rings is 1. The number of aromatic nitrogens is 3. The van der Waals surface area contributed by atoms with Crippen LogP contribution in [0.15, 0.2) is 16.8 Å². The zero-order valence-electron chi connectivity index (χ0n) is 12.0. The number of ether oxygens (including phenoxy) is 1. The highest BCUT2D eigenvalue weighted by Crippen LogP contribution is 2.21. The van der Waals surface area contributed by atoms with Gasteiger partial charge in [0.1, 0.15) is 0 Å². The van der Waals surface area contributed by atoms with E-state index in [-0.39, 0.29) is 12.1 Å². The third-order valence-corrected chi connectivity index (χ3v) is 3.27. The molecule has 0 saturated carbocycles. The van der Waals surface area contributed by atoms with Crippen LogP contribution in [0, 0.1) is 0 Å². The Hall–Kier alpha value is -1.89. The van der Waals surface area contributed by atoms with E-state index in [2.05, 4.69) is 44.0 Å². The number of hydrogen-bond donors (Lipinski definition) is 2. The lowest BCUT2D eigenvalue weighted by atomic mass is 10.2. The van der Waals surface area contributed by atoms with Crippen LogP contribution in [-0.2, 0) is 0 Å². The molecule has 0 fully saturated rings. The van der Waals surface area contributed by atoms with Gasteiger partial charge in [0.2, 0.25) is 11.9 Å².